The Morgan fingerprint density at radius 2 is 2.00 bits per heavy atom. The normalized spacial score (nSPS) is 12.7. The van der Waals surface area contributed by atoms with Crippen LogP contribution in [0.4, 0.5) is 4.79 Å². The lowest BCUT2D eigenvalue weighted by Gasteiger charge is -2.36. The number of halogens is 1. The number of carbonyl (C=O) groups is 1. The predicted octanol–water partition coefficient (Wildman–Crippen LogP) is 4.55. The molecule has 0 bridgehead atoms. The molecule has 0 atom stereocenters. The number of benzene rings is 1. The first-order valence-corrected chi connectivity index (χ1v) is 10.6. The van der Waals surface area contributed by atoms with Gasteiger partial charge in [0.15, 0.2) is 0 Å². The van der Waals surface area contributed by atoms with Crippen LogP contribution in [0.5, 0.6) is 5.75 Å². The van der Waals surface area contributed by atoms with Crippen molar-refractivity contribution in [1.29, 1.82) is 0 Å². The first-order valence-electron chi connectivity index (χ1n) is 6.63. The molecule has 0 unspecified atom stereocenters. The van der Waals surface area contributed by atoms with E-state index in [4.69, 9.17) is 9.53 Å². The Balaban J connectivity index is 2.45. The van der Waals surface area contributed by atoms with Gasteiger partial charge in [-0.1, -0.05) is 20.8 Å². The highest BCUT2D eigenvalue weighted by atomic mass is 127. The van der Waals surface area contributed by atoms with Crippen LogP contribution >= 0.6 is 22.6 Å². The van der Waals surface area contributed by atoms with E-state index in [1.807, 2.05) is 34.7 Å². The molecule has 2 rings (SSSR count). The summed E-state index contributed by atoms with van der Waals surface area (Å²) in [7, 11) is -1.91. The topological polar surface area (TPSA) is 64.4 Å². The molecule has 0 amide bonds. The van der Waals surface area contributed by atoms with Crippen molar-refractivity contribution in [2.75, 3.05) is 0 Å². The van der Waals surface area contributed by atoms with E-state index in [9.17, 15) is 4.79 Å². The van der Waals surface area contributed by atoms with Crippen LogP contribution in [0, 0.1) is 3.70 Å². The van der Waals surface area contributed by atoms with Gasteiger partial charge in [-0.15, -0.1) is 0 Å². The van der Waals surface area contributed by atoms with Crippen LogP contribution in [0.2, 0.25) is 18.1 Å². The highest BCUT2D eigenvalue weighted by Gasteiger charge is 2.39. The summed E-state index contributed by atoms with van der Waals surface area (Å²) in [5, 5.41) is 14.1. The lowest BCUT2D eigenvalue weighted by atomic mass is 10.2. The Labute approximate surface area is 138 Å². The molecule has 7 heteroatoms. The van der Waals surface area contributed by atoms with Gasteiger partial charge in [0, 0.05) is 5.39 Å². The molecule has 1 heterocycles. The lowest BCUT2D eigenvalue weighted by molar-refractivity contribution is 0.194. The Morgan fingerprint density at radius 3 is 2.52 bits per heavy atom. The molecule has 21 heavy (non-hydrogen) atoms. The second-order valence-electron chi connectivity index (χ2n) is 6.53. The SMILES string of the molecule is CC(C)(C)[Si](C)(C)Oc1ccc2c(c1)c(I)nn2C(=O)O. The Bertz CT molecular complexity index is 704. The number of fused-ring (bicyclic) bond motifs is 1. The smallest absolute Gasteiger partial charge is 0.432 e. The quantitative estimate of drug-likeness (QED) is 0.574. The van der Waals surface area contributed by atoms with Crippen LogP contribution in [0.1, 0.15) is 20.8 Å². The molecule has 0 radical (unpaired) electrons. The summed E-state index contributed by atoms with van der Waals surface area (Å²) < 4.78 is 7.90. The van der Waals surface area contributed by atoms with E-state index in [-0.39, 0.29) is 5.04 Å². The van der Waals surface area contributed by atoms with Crippen molar-refractivity contribution in [1.82, 2.24) is 9.78 Å². The van der Waals surface area contributed by atoms with Gasteiger partial charge in [0.05, 0.1) is 5.52 Å². The third kappa shape index (κ3) is 3.08. The largest absolute Gasteiger partial charge is 0.543 e. The fraction of sp³-hybridized carbons (Fsp3) is 0.429. The molecule has 0 saturated carbocycles. The molecule has 0 aliphatic heterocycles. The van der Waals surface area contributed by atoms with Crippen molar-refractivity contribution in [2.45, 2.75) is 38.9 Å². The molecule has 2 aromatic rings. The Kier molecular flexibility index (Phi) is 4.09. The third-order valence-electron chi connectivity index (χ3n) is 3.97. The van der Waals surface area contributed by atoms with Crippen LogP contribution in [-0.4, -0.2) is 29.3 Å². The zero-order valence-corrected chi connectivity index (χ0v) is 15.9. The number of aromatic nitrogens is 2. The summed E-state index contributed by atoms with van der Waals surface area (Å²) in [6.07, 6.45) is -1.08. The number of carboxylic acid groups (broad SMARTS) is 1. The van der Waals surface area contributed by atoms with E-state index in [1.165, 1.54) is 0 Å². The summed E-state index contributed by atoms with van der Waals surface area (Å²) >= 11 is 2.04. The molecule has 0 spiro atoms. The molecule has 1 aromatic carbocycles. The van der Waals surface area contributed by atoms with Crippen molar-refractivity contribution in [3.63, 3.8) is 0 Å². The molecule has 5 nitrogen and oxygen atoms in total. The summed E-state index contributed by atoms with van der Waals surface area (Å²) in [5.74, 6) is 0.775. The molecule has 1 N–H and O–H groups in total. The van der Waals surface area contributed by atoms with E-state index in [0.717, 1.165) is 15.8 Å². The first-order chi connectivity index (χ1) is 9.53. The first kappa shape index (κ1) is 16.3. The van der Waals surface area contributed by atoms with Gasteiger partial charge in [0.25, 0.3) is 0 Å². The van der Waals surface area contributed by atoms with Gasteiger partial charge >= 0.3 is 6.09 Å². The van der Waals surface area contributed by atoms with E-state index in [2.05, 4.69) is 39.0 Å². The average molecular weight is 418 g/mol. The maximum atomic E-state index is 11.1. The van der Waals surface area contributed by atoms with Crippen LogP contribution in [0.25, 0.3) is 10.9 Å². The fourth-order valence-corrected chi connectivity index (χ4v) is 3.39. The van der Waals surface area contributed by atoms with Gasteiger partial charge in [-0.2, -0.15) is 9.78 Å². The van der Waals surface area contributed by atoms with Crippen LogP contribution in [0.15, 0.2) is 18.2 Å². The van der Waals surface area contributed by atoms with Gasteiger partial charge in [0.1, 0.15) is 9.45 Å². The minimum atomic E-state index is -1.91. The summed E-state index contributed by atoms with van der Waals surface area (Å²) in [6, 6.07) is 5.45. The zero-order chi connectivity index (χ0) is 16.0. The monoisotopic (exact) mass is 418 g/mol. The highest BCUT2D eigenvalue weighted by Crippen LogP contribution is 2.38. The number of hydrogen-bond acceptors (Lipinski definition) is 3. The van der Waals surface area contributed by atoms with Crippen molar-refractivity contribution >= 4 is 47.9 Å². The van der Waals surface area contributed by atoms with Crippen molar-refractivity contribution in [2.24, 2.45) is 0 Å². The van der Waals surface area contributed by atoms with Gasteiger partial charge in [-0.05, 0) is 58.9 Å². The maximum absolute atomic E-state index is 11.1. The van der Waals surface area contributed by atoms with Crippen LogP contribution in [-0.2, 0) is 0 Å². The van der Waals surface area contributed by atoms with Crippen LogP contribution in [0.3, 0.4) is 0 Å². The van der Waals surface area contributed by atoms with E-state index >= 15 is 0 Å². The van der Waals surface area contributed by atoms with E-state index in [1.54, 1.807) is 6.07 Å². The van der Waals surface area contributed by atoms with Gasteiger partial charge in [-0.3, -0.25) is 0 Å². The van der Waals surface area contributed by atoms with Gasteiger partial charge < -0.3 is 9.53 Å². The molecule has 0 fully saturated rings. The standard InChI is InChI=1S/C14H19IN2O3Si/c1-14(2,3)21(4,5)20-9-6-7-11-10(8-9)12(15)16-17(11)13(18)19/h6-8H,1-5H3,(H,18,19). The molecule has 114 valence electrons. The molecular formula is C14H19IN2O3Si. The van der Waals surface area contributed by atoms with Gasteiger partial charge in [-0.25, -0.2) is 4.79 Å². The molecule has 0 aliphatic rings. The summed E-state index contributed by atoms with van der Waals surface area (Å²) in [5.41, 5.74) is 0.578. The number of rotatable bonds is 2. The predicted molar refractivity (Wildman–Crippen MR) is 93.7 cm³/mol. The van der Waals surface area contributed by atoms with E-state index < -0.39 is 14.4 Å². The van der Waals surface area contributed by atoms with Crippen molar-refractivity contribution in [3.05, 3.63) is 21.9 Å². The summed E-state index contributed by atoms with van der Waals surface area (Å²) in [6.45, 7) is 10.9. The second-order valence-corrected chi connectivity index (χ2v) is 12.3. The average Bonchev–Trinajstić information content (AvgIpc) is 2.65. The van der Waals surface area contributed by atoms with Gasteiger partial charge in [0.2, 0.25) is 8.32 Å². The highest BCUT2D eigenvalue weighted by molar-refractivity contribution is 14.1. The Morgan fingerprint density at radius 1 is 1.38 bits per heavy atom. The fourth-order valence-electron chi connectivity index (χ4n) is 1.72. The zero-order valence-electron chi connectivity index (χ0n) is 12.8. The number of hydrogen-bond donors (Lipinski definition) is 1. The Hall–Kier alpha value is -1.09. The van der Waals surface area contributed by atoms with E-state index in [0.29, 0.717) is 9.22 Å². The lowest BCUT2D eigenvalue weighted by Crippen LogP contribution is -2.43. The molecule has 0 aliphatic carbocycles. The molecule has 1 aromatic heterocycles. The van der Waals surface area contributed by atoms with Crippen LogP contribution < -0.4 is 4.43 Å². The molecule has 0 saturated heterocycles. The molecular weight excluding hydrogens is 399 g/mol. The third-order valence-corrected chi connectivity index (χ3v) is 9.12. The second kappa shape index (κ2) is 5.27. The van der Waals surface area contributed by atoms with Crippen molar-refractivity contribution in [3.8, 4) is 5.75 Å². The minimum absolute atomic E-state index is 0.111. The van der Waals surface area contributed by atoms with Crippen molar-refractivity contribution < 1.29 is 14.3 Å². The summed E-state index contributed by atoms with van der Waals surface area (Å²) in [4.78, 5) is 11.1. The minimum Gasteiger partial charge on any atom is -0.543 e. The maximum Gasteiger partial charge on any atom is 0.432 e. The number of nitrogens with zero attached hydrogens (tertiary/aromatic N) is 2.